The predicted octanol–water partition coefficient (Wildman–Crippen LogP) is 4.55. The van der Waals surface area contributed by atoms with Crippen LogP contribution in [0.1, 0.15) is 44.1 Å². The van der Waals surface area contributed by atoms with Gasteiger partial charge in [0.1, 0.15) is 0 Å². The van der Waals surface area contributed by atoms with Crippen molar-refractivity contribution in [3.8, 4) is 5.69 Å². The van der Waals surface area contributed by atoms with Crippen molar-refractivity contribution in [2.45, 2.75) is 49.5 Å². The van der Waals surface area contributed by atoms with E-state index in [1.165, 1.54) is 23.8 Å². The third-order valence-corrected chi connectivity index (χ3v) is 7.69. The molecule has 1 amide bonds. The first-order valence-electron chi connectivity index (χ1n) is 11.6. The van der Waals surface area contributed by atoms with Crippen LogP contribution in [0.15, 0.2) is 78.2 Å². The molecule has 0 bridgehead atoms. The van der Waals surface area contributed by atoms with Gasteiger partial charge in [-0.05, 0) is 60.9 Å². The number of carbonyl (C=O) groups excluding carboxylic acids is 1. The molecule has 0 atom stereocenters. The molecule has 0 unspecified atom stereocenters. The molecule has 34 heavy (non-hydrogen) atoms. The summed E-state index contributed by atoms with van der Waals surface area (Å²) in [5.74, 6) is -0.203. The Morgan fingerprint density at radius 1 is 1.03 bits per heavy atom. The maximum Gasteiger partial charge on any atom is 0.250 e. The lowest BCUT2D eigenvalue weighted by Crippen LogP contribution is -2.34. The van der Waals surface area contributed by atoms with Crippen molar-refractivity contribution in [1.29, 1.82) is 0 Å². The lowest BCUT2D eigenvalue weighted by atomic mass is 10.1. The smallest absolute Gasteiger partial charge is 0.250 e. The molecule has 1 aromatic heterocycles. The minimum absolute atomic E-state index is 0.00409. The molecule has 1 aliphatic rings. The first-order chi connectivity index (χ1) is 16.4. The van der Waals surface area contributed by atoms with E-state index in [0.717, 1.165) is 36.9 Å². The van der Waals surface area contributed by atoms with Gasteiger partial charge in [-0.25, -0.2) is 18.1 Å². The van der Waals surface area contributed by atoms with E-state index in [1.54, 1.807) is 49.9 Å². The van der Waals surface area contributed by atoms with Crippen LogP contribution >= 0.6 is 0 Å². The lowest BCUT2D eigenvalue weighted by molar-refractivity contribution is -0.113. The monoisotopic (exact) mass is 478 g/mol. The van der Waals surface area contributed by atoms with Crippen LogP contribution in [0.25, 0.3) is 11.8 Å². The molecule has 1 fully saturated rings. The summed E-state index contributed by atoms with van der Waals surface area (Å²) in [6.07, 6.45) is 14.8. The molecule has 2 aromatic carbocycles. The van der Waals surface area contributed by atoms with E-state index in [9.17, 15) is 13.2 Å². The van der Waals surface area contributed by atoms with Gasteiger partial charge < -0.3 is 9.47 Å². The van der Waals surface area contributed by atoms with Crippen LogP contribution in [0, 0.1) is 0 Å². The molecule has 8 heteroatoms. The fourth-order valence-corrected chi connectivity index (χ4v) is 5.41. The van der Waals surface area contributed by atoms with Crippen molar-refractivity contribution in [2.75, 3.05) is 11.9 Å². The number of nitrogens with one attached hydrogen (secondary N) is 1. The van der Waals surface area contributed by atoms with Crippen molar-refractivity contribution < 1.29 is 13.2 Å². The summed E-state index contributed by atoms with van der Waals surface area (Å²) in [7, 11) is -1.91. The predicted molar refractivity (Wildman–Crippen MR) is 134 cm³/mol. The highest BCUT2D eigenvalue weighted by Crippen LogP contribution is 2.21. The van der Waals surface area contributed by atoms with Crippen LogP contribution in [-0.2, 0) is 14.8 Å². The Morgan fingerprint density at radius 3 is 2.32 bits per heavy atom. The lowest BCUT2D eigenvalue weighted by Gasteiger charge is -2.18. The molecule has 0 radical (unpaired) electrons. The van der Waals surface area contributed by atoms with Gasteiger partial charge >= 0.3 is 0 Å². The number of nitrogens with zero attached hydrogens (tertiary/aromatic N) is 3. The zero-order valence-corrected chi connectivity index (χ0v) is 20.1. The number of rotatable bonds is 7. The number of imidazole rings is 1. The molecule has 1 aliphatic carbocycles. The molecule has 3 aromatic rings. The zero-order chi connectivity index (χ0) is 24.0. The van der Waals surface area contributed by atoms with E-state index in [1.807, 2.05) is 35.0 Å². The fraction of sp³-hybridized carbons (Fsp3) is 0.308. The number of hydrogen-bond acceptors (Lipinski definition) is 4. The standard InChI is InChI=1S/C26H30N4O3S/c1-29(26(31)17-10-21-8-11-24(12-9-21)30-19-18-27-20-30)23-13-15-25(16-14-23)34(32,33)28-22-6-4-2-3-5-7-22/h8-20,22,28H,2-7H2,1H3. The minimum Gasteiger partial charge on any atom is -0.312 e. The summed E-state index contributed by atoms with van der Waals surface area (Å²) in [5.41, 5.74) is 2.51. The van der Waals surface area contributed by atoms with E-state index in [0.29, 0.717) is 5.69 Å². The largest absolute Gasteiger partial charge is 0.312 e. The van der Waals surface area contributed by atoms with Gasteiger partial charge in [0, 0.05) is 42.9 Å². The maximum absolute atomic E-state index is 12.8. The van der Waals surface area contributed by atoms with E-state index in [4.69, 9.17) is 0 Å². The van der Waals surface area contributed by atoms with Crippen molar-refractivity contribution in [3.05, 3.63) is 78.9 Å². The molecule has 0 aliphatic heterocycles. The molecule has 1 saturated carbocycles. The normalized spacial score (nSPS) is 15.3. The van der Waals surface area contributed by atoms with Crippen molar-refractivity contribution in [3.63, 3.8) is 0 Å². The third-order valence-electron chi connectivity index (χ3n) is 6.16. The van der Waals surface area contributed by atoms with Crippen LogP contribution in [0.3, 0.4) is 0 Å². The Balaban J connectivity index is 1.37. The highest BCUT2D eigenvalue weighted by Gasteiger charge is 2.21. The molecule has 178 valence electrons. The fourth-order valence-electron chi connectivity index (χ4n) is 4.11. The molecule has 0 saturated heterocycles. The molecule has 4 rings (SSSR count). The Labute approximate surface area is 201 Å². The molecule has 1 heterocycles. The van der Waals surface area contributed by atoms with Gasteiger partial charge in [0.2, 0.25) is 10.0 Å². The van der Waals surface area contributed by atoms with Gasteiger partial charge in [-0.3, -0.25) is 4.79 Å². The van der Waals surface area contributed by atoms with Crippen molar-refractivity contribution in [1.82, 2.24) is 14.3 Å². The number of carbonyl (C=O) groups is 1. The highest BCUT2D eigenvalue weighted by molar-refractivity contribution is 7.89. The van der Waals surface area contributed by atoms with Gasteiger partial charge in [0.05, 0.1) is 11.2 Å². The summed E-state index contributed by atoms with van der Waals surface area (Å²) in [6, 6.07) is 14.2. The van der Waals surface area contributed by atoms with E-state index >= 15 is 0 Å². The van der Waals surface area contributed by atoms with Gasteiger partial charge in [-0.15, -0.1) is 0 Å². The molecule has 1 N–H and O–H groups in total. The average molecular weight is 479 g/mol. The number of anilines is 1. The molecular formula is C26H30N4O3S. The molecule has 0 spiro atoms. The SMILES string of the molecule is CN(C(=O)C=Cc1ccc(-n2ccnc2)cc1)c1ccc(S(=O)(=O)NC2CCCCCC2)cc1. The number of likely N-dealkylation sites (N-methyl/N-ethyl adjacent to an activating group) is 1. The number of hydrogen-bond donors (Lipinski definition) is 1. The van der Waals surface area contributed by atoms with Gasteiger partial charge in [-0.1, -0.05) is 37.8 Å². The molecule has 7 nitrogen and oxygen atoms in total. The van der Waals surface area contributed by atoms with Crippen LogP contribution in [0.2, 0.25) is 0 Å². The van der Waals surface area contributed by atoms with Crippen LogP contribution in [-0.4, -0.2) is 37.0 Å². The summed E-state index contributed by atoms with van der Waals surface area (Å²) >= 11 is 0. The van der Waals surface area contributed by atoms with E-state index in [-0.39, 0.29) is 16.8 Å². The zero-order valence-electron chi connectivity index (χ0n) is 19.3. The van der Waals surface area contributed by atoms with E-state index in [2.05, 4.69) is 9.71 Å². The topological polar surface area (TPSA) is 84.3 Å². The summed E-state index contributed by atoms with van der Waals surface area (Å²) < 4.78 is 30.3. The van der Waals surface area contributed by atoms with Crippen LogP contribution in [0.5, 0.6) is 0 Å². The summed E-state index contributed by atoms with van der Waals surface area (Å²) in [6.45, 7) is 0. The second-order valence-electron chi connectivity index (χ2n) is 8.60. The number of amides is 1. The first kappa shape index (κ1) is 23.9. The summed E-state index contributed by atoms with van der Waals surface area (Å²) in [5, 5.41) is 0. The minimum atomic E-state index is -3.58. The number of aromatic nitrogens is 2. The van der Waals surface area contributed by atoms with Crippen LogP contribution in [0.4, 0.5) is 5.69 Å². The third kappa shape index (κ3) is 6.01. The van der Waals surface area contributed by atoms with E-state index < -0.39 is 10.0 Å². The average Bonchev–Trinajstić information content (AvgIpc) is 3.28. The van der Waals surface area contributed by atoms with Gasteiger partial charge in [0.15, 0.2) is 0 Å². The highest BCUT2D eigenvalue weighted by atomic mass is 32.2. The Morgan fingerprint density at radius 2 is 1.71 bits per heavy atom. The Bertz CT molecular complexity index is 1210. The first-order valence-corrected chi connectivity index (χ1v) is 13.1. The second kappa shape index (κ2) is 10.8. The van der Waals surface area contributed by atoms with Gasteiger partial charge in [0.25, 0.3) is 5.91 Å². The second-order valence-corrected chi connectivity index (χ2v) is 10.3. The quantitative estimate of drug-likeness (QED) is 0.399. The maximum atomic E-state index is 12.8. The summed E-state index contributed by atoms with van der Waals surface area (Å²) in [4.78, 5) is 18.4. The van der Waals surface area contributed by atoms with Crippen molar-refractivity contribution >= 4 is 27.7 Å². The van der Waals surface area contributed by atoms with Crippen LogP contribution < -0.4 is 9.62 Å². The number of benzene rings is 2. The number of sulfonamides is 1. The van der Waals surface area contributed by atoms with Crippen molar-refractivity contribution in [2.24, 2.45) is 0 Å². The van der Waals surface area contributed by atoms with Gasteiger partial charge in [-0.2, -0.15) is 0 Å². The Kier molecular flexibility index (Phi) is 7.59. The molecular weight excluding hydrogens is 448 g/mol. The Hall–Kier alpha value is -3.23.